The van der Waals surface area contributed by atoms with Crippen molar-refractivity contribution < 1.29 is 9.21 Å². The molecule has 0 radical (unpaired) electrons. The highest BCUT2D eigenvalue weighted by molar-refractivity contribution is 5.80. The summed E-state index contributed by atoms with van der Waals surface area (Å²) < 4.78 is 5.75. The van der Waals surface area contributed by atoms with E-state index in [0.717, 1.165) is 43.0 Å². The molecule has 0 spiro atoms. The van der Waals surface area contributed by atoms with Crippen molar-refractivity contribution in [3.63, 3.8) is 0 Å². The minimum absolute atomic E-state index is 0.739. The molecule has 0 aliphatic carbocycles. The van der Waals surface area contributed by atoms with Crippen LogP contribution in [0.2, 0.25) is 0 Å². The Kier molecular flexibility index (Phi) is 4.02. The first-order valence-electron chi connectivity index (χ1n) is 6.34. The van der Waals surface area contributed by atoms with E-state index in [1.807, 2.05) is 25.1 Å². The zero-order valence-electron chi connectivity index (χ0n) is 10.3. The van der Waals surface area contributed by atoms with Crippen molar-refractivity contribution in [2.45, 2.75) is 32.6 Å². The molecule has 1 fully saturated rings. The summed E-state index contributed by atoms with van der Waals surface area (Å²) in [4.78, 5) is 13.0. The van der Waals surface area contributed by atoms with Gasteiger partial charge in [-0.1, -0.05) is 6.92 Å². The summed E-state index contributed by atoms with van der Waals surface area (Å²) in [5.41, 5.74) is 0.768. The summed E-state index contributed by atoms with van der Waals surface area (Å²) in [5.74, 6) is 1.70. The van der Waals surface area contributed by atoms with E-state index in [1.165, 1.54) is 19.3 Å². The minimum atomic E-state index is 0.739. The molecule has 0 saturated carbocycles. The Labute approximate surface area is 102 Å². The summed E-state index contributed by atoms with van der Waals surface area (Å²) in [7, 11) is 0. The third-order valence-electron chi connectivity index (χ3n) is 3.17. The summed E-state index contributed by atoms with van der Waals surface area (Å²) in [6.07, 6.45) is 7.24. The molecule has 1 aliphatic heterocycles. The van der Waals surface area contributed by atoms with Crippen LogP contribution in [0.15, 0.2) is 22.1 Å². The van der Waals surface area contributed by atoms with Crippen LogP contribution in [0.25, 0.3) is 6.08 Å². The van der Waals surface area contributed by atoms with Crippen molar-refractivity contribution in [2.75, 3.05) is 18.0 Å². The fraction of sp³-hybridized carbons (Fsp3) is 0.500. The highest BCUT2D eigenvalue weighted by Gasteiger charge is 2.13. The maximum atomic E-state index is 10.7. The van der Waals surface area contributed by atoms with Crippen LogP contribution in [0.4, 0.5) is 5.88 Å². The smallest absolute Gasteiger partial charge is 0.196 e. The Bertz CT molecular complexity index is 400. The van der Waals surface area contributed by atoms with Gasteiger partial charge in [0.2, 0.25) is 0 Å². The number of hydrogen-bond acceptors (Lipinski definition) is 3. The third kappa shape index (κ3) is 2.99. The number of rotatable bonds is 4. The van der Waals surface area contributed by atoms with Gasteiger partial charge in [0, 0.05) is 19.2 Å². The Morgan fingerprint density at radius 3 is 2.76 bits per heavy atom. The van der Waals surface area contributed by atoms with E-state index >= 15 is 0 Å². The molecule has 0 N–H and O–H groups in total. The number of allylic oxidation sites excluding steroid dienone is 1. The maximum Gasteiger partial charge on any atom is 0.196 e. The number of nitrogens with zero attached hydrogens (tertiary/aromatic N) is 1. The number of furan rings is 1. The molecule has 17 heavy (non-hydrogen) atoms. The average molecular weight is 233 g/mol. The average Bonchev–Trinajstić information content (AvgIpc) is 2.85. The number of carbonyl (C=O) groups is 1. The van der Waals surface area contributed by atoms with Crippen molar-refractivity contribution in [3.8, 4) is 0 Å². The largest absolute Gasteiger partial charge is 0.441 e. The van der Waals surface area contributed by atoms with Crippen LogP contribution in [0.1, 0.15) is 38.4 Å². The van der Waals surface area contributed by atoms with E-state index in [-0.39, 0.29) is 0 Å². The van der Waals surface area contributed by atoms with Crippen LogP contribution in [-0.4, -0.2) is 19.4 Å². The van der Waals surface area contributed by atoms with Gasteiger partial charge < -0.3 is 9.32 Å². The number of piperidine rings is 1. The first-order chi connectivity index (χ1) is 8.33. The van der Waals surface area contributed by atoms with Gasteiger partial charge in [-0.3, -0.25) is 4.79 Å². The Morgan fingerprint density at radius 2 is 2.12 bits per heavy atom. The van der Waals surface area contributed by atoms with E-state index in [0.29, 0.717) is 0 Å². The van der Waals surface area contributed by atoms with E-state index in [1.54, 1.807) is 0 Å². The van der Waals surface area contributed by atoms with Gasteiger partial charge in [0.25, 0.3) is 0 Å². The number of aldehydes is 1. The standard InChI is InChI=1S/C14H19NO2/c1-2-12(11-16)10-13-6-7-14(17-13)15-8-4-3-5-9-15/h6-7,10-11H,2-5,8-9H2,1H3. The Hall–Kier alpha value is -1.51. The molecule has 3 heteroatoms. The zero-order valence-corrected chi connectivity index (χ0v) is 10.3. The van der Waals surface area contributed by atoms with Gasteiger partial charge in [-0.25, -0.2) is 0 Å². The van der Waals surface area contributed by atoms with Crippen LogP contribution in [0.3, 0.4) is 0 Å². The molecule has 0 atom stereocenters. The maximum absolute atomic E-state index is 10.7. The van der Waals surface area contributed by atoms with Gasteiger partial charge in [-0.05, 0) is 43.4 Å². The number of carbonyl (C=O) groups excluding carboxylic acids is 1. The molecule has 1 aliphatic rings. The topological polar surface area (TPSA) is 33.5 Å². The molecule has 0 unspecified atom stereocenters. The second-order valence-electron chi connectivity index (χ2n) is 4.41. The molecule has 92 valence electrons. The van der Waals surface area contributed by atoms with Crippen LogP contribution in [0.5, 0.6) is 0 Å². The normalized spacial score (nSPS) is 17.2. The number of anilines is 1. The minimum Gasteiger partial charge on any atom is -0.441 e. The fourth-order valence-electron chi connectivity index (χ4n) is 2.11. The Morgan fingerprint density at radius 1 is 1.35 bits per heavy atom. The lowest BCUT2D eigenvalue weighted by Crippen LogP contribution is -2.28. The van der Waals surface area contributed by atoms with Crippen molar-refractivity contribution >= 4 is 18.2 Å². The van der Waals surface area contributed by atoms with Gasteiger partial charge >= 0.3 is 0 Å². The quantitative estimate of drug-likeness (QED) is 0.591. The predicted octanol–water partition coefficient (Wildman–Crippen LogP) is 3.26. The number of hydrogen-bond donors (Lipinski definition) is 0. The van der Waals surface area contributed by atoms with Gasteiger partial charge in [0.1, 0.15) is 12.0 Å². The van der Waals surface area contributed by atoms with Gasteiger partial charge in [0.15, 0.2) is 5.88 Å². The van der Waals surface area contributed by atoms with E-state index in [2.05, 4.69) is 4.90 Å². The second kappa shape index (κ2) is 5.71. The lowest BCUT2D eigenvalue weighted by Gasteiger charge is -2.25. The van der Waals surface area contributed by atoms with Crippen LogP contribution < -0.4 is 4.90 Å². The van der Waals surface area contributed by atoms with Crippen LogP contribution >= 0.6 is 0 Å². The summed E-state index contributed by atoms with van der Waals surface area (Å²) in [6.45, 7) is 4.12. The molecule has 1 saturated heterocycles. The summed E-state index contributed by atoms with van der Waals surface area (Å²) >= 11 is 0. The zero-order chi connectivity index (χ0) is 12.1. The second-order valence-corrected chi connectivity index (χ2v) is 4.41. The highest BCUT2D eigenvalue weighted by atomic mass is 16.4. The highest BCUT2D eigenvalue weighted by Crippen LogP contribution is 2.23. The van der Waals surface area contributed by atoms with Gasteiger partial charge in [-0.15, -0.1) is 0 Å². The summed E-state index contributed by atoms with van der Waals surface area (Å²) in [5, 5.41) is 0. The lowest BCUT2D eigenvalue weighted by atomic mass is 10.1. The lowest BCUT2D eigenvalue weighted by molar-refractivity contribution is -0.104. The molecule has 1 aromatic rings. The molecule has 2 rings (SSSR count). The monoisotopic (exact) mass is 233 g/mol. The molecular weight excluding hydrogens is 214 g/mol. The first-order valence-corrected chi connectivity index (χ1v) is 6.34. The Balaban J connectivity index is 2.09. The van der Waals surface area contributed by atoms with Gasteiger partial charge in [-0.2, -0.15) is 0 Å². The molecular formula is C14H19NO2. The molecule has 0 amide bonds. The van der Waals surface area contributed by atoms with E-state index < -0.39 is 0 Å². The molecule has 2 heterocycles. The first kappa shape index (κ1) is 12.0. The molecule has 3 nitrogen and oxygen atoms in total. The molecule has 0 bridgehead atoms. The third-order valence-corrected chi connectivity index (χ3v) is 3.17. The van der Waals surface area contributed by atoms with Crippen molar-refractivity contribution in [1.29, 1.82) is 0 Å². The van der Waals surface area contributed by atoms with Crippen molar-refractivity contribution in [1.82, 2.24) is 0 Å². The van der Waals surface area contributed by atoms with Crippen LogP contribution in [0, 0.1) is 0 Å². The fourth-order valence-corrected chi connectivity index (χ4v) is 2.11. The predicted molar refractivity (Wildman–Crippen MR) is 69.1 cm³/mol. The van der Waals surface area contributed by atoms with Crippen molar-refractivity contribution in [3.05, 3.63) is 23.5 Å². The van der Waals surface area contributed by atoms with E-state index in [9.17, 15) is 4.79 Å². The van der Waals surface area contributed by atoms with Crippen LogP contribution in [-0.2, 0) is 4.79 Å². The summed E-state index contributed by atoms with van der Waals surface area (Å²) in [6, 6.07) is 3.93. The van der Waals surface area contributed by atoms with Crippen molar-refractivity contribution in [2.24, 2.45) is 0 Å². The van der Waals surface area contributed by atoms with Gasteiger partial charge in [0.05, 0.1) is 0 Å². The molecule has 0 aromatic carbocycles. The SMILES string of the molecule is CCC(C=O)=Cc1ccc(N2CCCCC2)o1. The molecule has 1 aromatic heterocycles. The van der Waals surface area contributed by atoms with E-state index in [4.69, 9.17) is 4.42 Å².